The number of benzene rings is 2. The van der Waals surface area contributed by atoms with E-state index in [1.165, 1.54) is 5.56 Å². The molecule has 33 heavy (non-hydrogen) atoms. The molecule has 2 heterocycles. The minimum Gasteiger partial charge on any atom is -0.493 e. The first kappa shape index (κ1) is 22.9. The molecule has 1 aliphatic rings. The standard InChI is InChI=1S/C27H33N3O3/c1-16(2)13-14-33-21-12-11-20(15-22(21)32-6)26-23-24(19-9-7-18(5)8-10-19)28-29-25(23)27(31)30(26)17(3)4/h7-12,15-17,26H,13-14H2,1-6H3,(H,28,29). The van der Waals surface area contributed by atoms with Gasteiger partial charge in [0.15, 0.2) is 11.5 Å². The van der Waals surface area contributed by atoms with E-state index < -0.39 is 0 Å². The van der Waals surface area contributed by atoms with Crippen LogP contribution in [0, 0.1) is 12.8 Å². The number of nitrogens with one attached hydrogen (secondary N) is 1. The highest BCUT2D eigenvalue weighted by Crippen LogP contribution is 2.45. The van der Waals surface area contributed by atoms with Crippen molar-refractivity contribution in [2.45, 2.75) is 53.1 Å². The van der Waals surface area contributed by atoms with Gasteiger partial charge in [-0.15, -0.1) is 0 Å². The highest BCUT2D eigenvalue weighted by Gasteiger charge is 2.43. The van der Waals surface area contributed by atoms with E-state index in [1.807, 2.05) is 36.9 Å². The highest BCUT2D eigenvalue weighted by atomic mass is 16.5. The Balaban J connectivity index is 1.77. The van der Waals surface area contributed by atoms with Gasteiger partial charge in [-0.25, -0.2) is 0 Å². The van der Waals surface area contributed by atoms with Crippen LogP contribution in [0.25, 0.3) is 11.3 Å². The number of carbonyl (C=O) groups is 1. The predicted molar refractivity (Wildman–Crippen MR) is 130 cm³/mol. The molecule has 0 radical (unpaired) electrons. The number of nitrogens with zero attached hydrogens (tertiary/aromatic N) is 2. The molecule has 0 aliphatic carbocycles. The molecular weight excluding hydrogens is 414 g/mol. The number of aromatic nitrogens is 2. The first-order valence-electron chi connectivity index (χ1n) is 11.6. The lowest BCUT2D eigenvalue weighted by Crippen LogP contribution is -2.35. The van der Waals surface area contributed by atoms with E-state index in [0.717, 1.165) is 28.8 Å². The number of fused-ring (bicyclic) bond motifs is 1. The second-order valence-corrected chi connectivity index (χ2v) is 9.38. The second kappa shape index (κ2) is 9.30. The molecule has 3 aromatic rings. The van der Waals surface area contributed by atoms with Crippen molar-refractivity contribution < 1.29 is 14.3 Å². The zero-order valence-electron chi connectivity index (χ0n) is 20.3. The maximum Gasteiger partial charge on any atom is 0.273 e. The Hall–Kier alpha value is -3.28. The zero-order valence-corrected chi connectivity index (χ0v) is 20.3. The van der Waals surface area contributed by atoms with Crippen LogP contribution in [-0.2, 0) is 0 Å². The largest absolute Gasteiger partial charge is 0.493 e. The summed E-state index contributed by atoms with van der Waals surface area (Å²) >= 11 is 0. The molecule has 6 heteroatoms. The van der Waals surface area contributed by atoms with Gasteiger partial charge in [0.05, 0.1) is 25.5 Å². The van der Waals surface area contributed by atoms with Crippen molar-refractivity contribution in [3.05, 3.63) is 64.8 Å². The van der Waals surface area contributed by atoms with Crippen LogP contribution < -0.4 is 9.47 Å². The molecule has 0 fully saturated rings. The van der Waals surface area contributed by atoms with E-state index in [1.54, 1.807) is 7.11 Å². The first-order chi connectivity index (χ1) is 15.8. The third kappa shape index (κ3) is 4.34. The minimum absolute atomic E-state index is 0.0159. The number of hydrogen-bond acceptors (Lipinski definition) is 4. The van der Waals surface area contributed by atoms with Crippen molar-refractivity contribution in [3.8, 4) is 22.8 Å². The lowest BCUT2D eigenvalue weighted by atomic mass is 9.95. The van der Waals surface area contributed by atoms with E-state index in [-0.39, 0.29) is 18.0 Å². The van der Waals surface area contributed by atoms with Crippen LogP contribution in [0.4, 0.5) is 0 Å². The maximum absolute atomic E-state index is 13.3. The number of rotatable bonds is 8. The van der Waals surface area contributed by atoms with Crippen LogP contribution >= 0.6 is 0 Å². The number of ether oxygens (including phenoxy) is 2. The van der Waals surface area contributed by atoms with Crippen LogP contribution in [0.1, 0.15) is 67.3 Å². The highest BCUT2D eigenvalue weighted by molar-refractivity contribution is 6.00. The number of carbonyl (C=O) groups excluding carboxylic acids is 1. The summed E-state index contributed by atoms with van der Waals surface area (Å²) in [6, 6.07) is 13.9. The molecule has 4 rings (SSSR count). The maximum atomic E-state index is 13.3. The quantitative estimate of drug-likeness (QED) is 0.476. The summed E-state index contributed by atoms with van der Waals surface area (Å²) in [6.45, 7) is 11.1. The molecule has 0 saturated carbocycles. The van der Waals surface area contributed by atoms with Gasteiger partial charge < -0.3 is 14.4 Å². The molecule has 174 valence electrons. The SMILES string of the molecule is COc1cc(C2c3c(-c4ccc(C)cc4)n[nH]c3C(=O)N2C(C)C)ccc1OCCC(C)C. The number of H-pyrrole nitrogens is 1. The summed E-state index contributed by atoms with van der Waals surface area (Å²) in [5.74, 6) is 1.92. The van der Waals surface area contributed by atoms with Crippen LogP contribution in [0.15, 0.2) is 42.5 Å². The monoisotopic (exact) mass is 447 g/mol. The molecule has 1 aromatic heterocycles. The molecule has 1 aliphatic heterocycles. The fourth-order valence-electron chi connectivity index (χ4n) is 4.33. The van der Waals surface area contributed by atoms with Gasteiger partial charge in [-0.3, -0.25) is 9.89 Å². The Labute approximate surface area is 195 Å². The zero-order chi connectivity index (χ0) is 23.7. The van der Waals surface area contributed by atoms with Gasteiger partial charge in [-0.05, 0) is 50.8 Å². The van der Waals surface area contributed by atoms with Crippen molar-refractivity contribution in [2.75, 3.05) is 13.7 Å². The average Bonchev–Trinajstić information content (AvgIpc) is 3.33. The van der Waals surface area contributed by atoms with E-state index in [2.05, 4.69) is 55.2 Å². The van der Waals surface area contributed by atoms with Crippen LogP contribution in [0.5, 0.6) is 11.5 Å². The number of hydrogen-bond donors (Lipinski definition) is 1. The number of aromatic amines is 1. The summed E-state index contributed by atoms with van der Waals surface area (Å²) in [5.41, 5.74) is 5.41. The van der Waals surface area contributed by atoms with Gasteiger partial charge in [-0.1, -0.05) is 49.7 Å². The Kier molecular flexibility index (Phi) is 6.45. The summed E-state index contributed by atoms with van der Waals surface area (Å²) < 4.78 is 11.7. The first-order valence-corrected chi connectivity index (χ1v) is 11.6. The van der Waals surface area contributed by atoms with E-state index >= 15 is 0 Å². The van der Waals surface area contributed by atoms with Crippen molar-refractivity contribution in [2.24, 2.45) is 5.92 Å². The Morgan fingerprint density at radius 1 is 1.06 bits per heavy atom. The Morgan fingerprint density at radius 2 is 1.79 bits per heavy atom. The molecule has 2 aromatic carbocycles. The lowest BCUT2D eigenvalue weighted by Gasteiger charge is -2.30. The number of amides is 1. The van der Waals surface area contributed by atoms with Gasteiger partial charge in [0.25, 0.3) is 5.91 Å². The second-order valence-electron chi connectivity index (χ2n) is 9.38. The van der Waals surface area contributed by atoms with Crippen molar-refractivity contribution >= 4 is 5.91 Å². The van der Waals surface area contributed by atoms with Gasteiger partial charge in [0.2, 0.25) is 0 Å². The van der Waals surface area contributed by atoms with Gasteiger partial charge >= 0.3 is 0 Å². The molecule has 1 N–H and O–H groups in total. The van der Waals surface area contributed by atoms with Crippen LogP contribution in [-0.4, -0.2) is 40.8 Å². The van der Waals surface area contributed by atoms with E-state index in [4.69, 9.17) is 9.47 Å². The summed E-state index contributed by atoms with van der Waals surface area (Å²) in [7, 11) is 1.65. The third-order valence-corrected chi connectivity index (χ3v) is 6.14. The lowest BCUT2D eigenvalue weighted by molar-refractivity contribution is 0.0687. The van der Waals surface area contributed by atoms with Gasteiger partial charge in [-0.2, -0.15) is 5.10 Å². The van der Waals surface area contributed by atoms with Crippen molar-refractivity contribution in [3.63, 3.8) is 0 Å². The Morgan fingerprint density at radius 3 is 2.42 bits per heavy atom. The normalized spacial score (nSPS) is 15.5. The van der Waals surface area contributed by atoms with Crippen molar-refractivity contribution in [1.29, 1.82) is 0 Å². The molecular formula is C27H33N3O3. The molecule has 1 atom stereocenters. The smallest absolute Gasteiger partial charge is 0.273 e. The molecule has 1 unspecified atom stereocenters. The van der Waals surface area contributed by atoms with E-state index in [0.29, 0.717) is 29.7 Å². The fourth-order valence-corrected chi connectivity index (χ4v) is 4.33. The van der Waals surface area contributed by atoms with Crippen molar-refractivity contribution in [1.82, 2.24) is 15.1 Å². The molecule has 0 spiro atoms. The van der Waals surface area contributed by atoms with Crippen LogP contribution in [0.3, 0.4) is 0 Å². The number of methoxy groups -OCH3 is 1. The summed E-state index contributed by atoms with van der Waals surface area (Å²) in [5, 5.41) is 7.56. The van der Waals surface area contributed by atoms with Crippen LogP contribution in [0.2, 0.25) is 0 Å². The molecule has 0 saturated heterocycles. The van der Waals surface area contributed by atoms with E-state index in [9.17, 15) is 4.79 Å². The Bertz CT molecular complexity index is 1130. The summed E-state index contributed by atoms with van der Waals surface area (Å²) in [4.78, 5) is 15.3. The predicted octanol–water partition coefficient (Wildman–Crippen LogP) is 5.77. The summed E-state index contributed by atoms with van der Waals surface area (Å²) in [6.07, 6.45) is 0.974. The molecule has 0 bridgehead atoms. The van der Waals surface area contributed by atoms with Gasteiger partial charge in [0, 0.05) is 17.2 Å². The molecule has 1 amide bonds. The minimum atomic E-state index is -0.263. The topological polar surface area (TPSA) is 67.5 Å². The third-order valence-electron chi connectivity index (χ3n) is 6.14. The molecule has 6 nitrogen and oxygen atoms in total. The van der Waals surface area contributed by atoms with Gasteiger partial charge in [0.1, 0.15) is 5.69 Å². The number of aryl methyl sites for hydroxylation is 1. The fraction of sp³-hybridized carbons (Fsp3) is 0.407. The average molecular weight is 448 g/mol.